The molecule has 0 spiro atoms. The molecule has 2 N–H and O–H groups in total. The number of hydrogen-bond donors (Lipinski definition) is 2. The summed E-state index contributed by atoms with van der Waals surface area (Å²) >= 11 is 0. The van der Waals surface area contributed by atoms with Crippen LogP contribution in [-0.2, 0) is 30.7 Å². The average molecular weight is 440 g/mol. The Kier molecular flexibility index (Phi) is 5.85. The van der Waals surface area contributed by atoms with Crippen LogP contribution in [0, 0.1) is 0 Å². The second-order valence-electron chi connectivity index (χ2n) is 8.27. The topological polar surface area (TPSA) is 91.0 Å². The third kappa shape index (κ3) is 4.77. The van der Waals surface area contributed by atoms with Crippen molar-refractivity contribution in [2.45, 2.75) is 32.4 Å². The van der Waals surface area contributed by atoms with Crippen LogP contribution in [0.5, 0.6) is 0 Å². The molecule has 0 saturated carbocycles. The smallest absolute Gasteiger partial charge is 0.258 e. The first-order chi connectivity index (χ1) is 16.2. The quantitative estimate of drug-likeness (QED) is 0.482. The monoisotopic (exact) mass is 439 g/mol. The number of carbonyl (C=O) groups is 1. The van der Waals surface area contributed by atoms with Crippen molar-refractivity contribution in [1.82, 2.24) is 20.3 Å². The number of pyridine rings is 1. The number of fused-ring (bicyclic) bond motifs is 2. The van der Waals surface area contributed by atoms with Crippen LogP contribution in [0.25, 0.3) is 10.9 Å². The molecule has 0 saturated heterocycles. The maximum Gasteiger partial charge on any atom is 0.258 e. The van der Waals surface area contributed by atoms with Gasteiger partial charge in [-0.25, -0.2) is 9.97 Å². The van der Waals surface area contributed by atoms with E-state index in [0.29, 0.717) is 29.7 Å². The number of carbonyl (C=O) groups excluding carboxylic acids is 1. The second kappa shape index (κ2) is 9.24. The molecule has 0 unspecified atom stereocenters. The summed E-state index contributed by atoms with van der Waals surface area (Å²) in [6, 6.07) is 19.7. The zero-order valence-corrected chi connectivity index (χ0v) is 18.3. The summed E-state index contributed by atoms with van der Waals surface area (Å²) in [4.78, 5) is 38.6. The van der Waals surface area contributed by atoms with Gasteiger partial charge in [0.15, 0.2) is 0 Å². The van der Waals surface area contributed by atoms with E-state index in [0.717, 1.165) is 30.9 Å². The number of rotatable bonds is 6. The number of para-hydroxylation sites is 1. The molecule has 1 aliphatic rings. The van der Waals surface area contributed by atoms with Crippen LogP contribution in [0.4, 0.5) is 5.82 Å². The molecule has 0 radical (unpaired) electrons. The fourth-order valence-corrected chi connectivity index (χ4v) is 4.17. The standard InChI is InChI=1S/C26H25N5O2/c32-25(12-10-23-29-22-8-4-3-7-21(22)26(33)30-23)28-16-18-9-11-24(27-15-18)31-14-13-19-5-1-2-6-20(19)17-31/h1-9,11,15H,10,12-14,16-17H2,(H,28,32)(H,29,30,33). The van der Waals surface area contributed by atoms with Crippen molar-refractivity contribution >= 4 is 22.6 Å². The SMILES string of the molecule is O=C(CCc1nc2ccccc2c(=O)[nH]1)NCc1ccc(N2CCc3ccccc3C2)nc1. The predicted octanol–water partition coefficient (Wildman–Crippen LogP) is 3.13. The molecule has 33 heavy (non-hydrogen) atoms. The maximum absolute atomic E-state index is 12.3. The number of aromatic amines is 1. The lowest BCUT2D eigenvalue weighted by Gasteiger charge is -2.29. The number of anilines is 1. The van der Waals surface area contributed by atoms with Crippen LogP contribution in [0.2, 0.25) is 0 Å². The van der Waals surface area contributed by atoms with Gasteiger partial charge in [0, 0.05) is 38.7 Å². The molecule has 0 bridgehead atoms. The first-order valence-corrected chi connectivity index (χ1v) is 11.2. The highest BCUT2D eigenvalue weighted by molar-refractivity contribution is 5.78. The fraction of sp³-hybridized carbons (Fsp3) is 0.231. The van der Waals surface area contributed by atoms with Crippen molar-refractivity contribution in [2.24, 2.45) is 0 Å². The highest BCUT2D eigenvalue weighted by atomic mass is 16.1. The Bertz CT molecular complexity index is 1350. The predicted molar refractivity (Wildman–Crippen MR) is 128 cm³/mol. The van der Waals surface area contributed by atoms with Gasteiger partial charge in [-0.05, 0) is 41.3 Å². The van der Waals surface area contributed by atoms with E-state index in [1.807, 2.05) is 24.4 Å². The van der Waals surface area contributed by atoms with Crippen molar-refractivity contribution in [3.05, 3.63) is 99.7 Å². The Balaban J connectivity index is 1.13. The number of amides is 1. The molecule has 5 rings (SSSR count). The van der Waals surface area contributed by atoms with Gasteiger partial charge >= 0.3 is 0 Å². The molecule has 2 aromatic heterocycles. The van der Waals surface area contributed by atoms with Gasteiger partial charge in [-0.15, -0.1) is 0 Å². The van der Waals surface area contributed by atoms with Crippen LogP contribution < -0.4 is 15.8 Å². The Morgan fingerprint density at radius 2 is 1.85 bits per heavy atom. The largest absolute Gasteiger partial charge is 0.352 e. The maximum atomic E-state index is 12.3. The Morgan fingerprint density at radius 3 is 2.70 bits per heavy atom. The summed E-state index contributed by atoms with van der Waals surface area (Å²) in [5.74, 6) is 1.37. The zero-order valence-electron chi connectivity index (χ0n) is 18.3. The minimum absolute atomic E-state index is 0.0949. The molecule has 4 aromatic rings. The normalized spacial score (nSPS) is 13.0. The van der Waals surface area contributed by atoms with Crippen LogP contribution in [0.3, 0.4) is 0 Å². The number of benzene rings is 2. The summed E-state index contributed by atoms with van der Waals surface area (Å²) in [6.07, 6.45) is 3.46. The van der Waals surface area contributed by atoms with Gasteiger partial charge in [0.2, 0.25) is 5.91 Å². The lowest BCUT2D eigenvalue weighted by Crippen LogP contribution is -2.31. The van der Waals surface area contributed by atoms with Crippen LogP contribution in [0.15, 0.2) is 71.7 Å². The van der Waals surface area contributed by atoms with Crippen molar-refractivity contribution in [3.63, 3.8) is 0 Å². The Labute approximate surface area is 191 Å². The van der Waals surface area contributed by atoms with Gasteiger partial charge in [-0.3, -0.25) is 9.59 Å². The summed E-state index contributed by atoms with van der Waals surface area (Å²) < 4.78 is 0. The van der Waals surface area contributed by atoms with Gasteiger partial charge in [0.05, 0.1) is 10.9 Å². The Morgan fingerprint density at radius 1 is 1.03 bits per heavy atom. The fourth-order valence-electron chi connectivity index (χ4n) is 4.17. The van der Waals surface area contributed by atoms with Crippen LogP contribution in [0.1, 0.15) is 28.9 Å². The number of nitrogens with one attached hydrogen (secondary N) is 2. The summed E-state index contributed by atoms with van der Waals surface area (Å²) in [5, 5.41) is 3.47. The number of nitrogens with zero attached hydrogens (tertiary/aromatic N) is 3. The molecule has 7 heteroatoms. The summed E-state index contributed by atoms with van der Waals surface area (Å²) in [6.45, 7) is 2.23. The van der Waals surface area contributed by atoms with Crippen molar-refractivity contribution < 1.29 is 4.79 Å². The molecule has 0 aliphatic carbocycles. The van der Waals surface area contributed by atoms with Crippen molar-refractivity contribution in [1.29, 1.82) is 0 Å². The van der Waals surface area contributed by atoms with Crippen molar-refractivity contribution in [3.8, 4) is 0 Å². The zero-order chi connectivity index (χ0) is 22.6. The van der Waals surface area contributed by atoms with Gasteiger partial charge in [0.25, 0.3) is 5.56 Å². The van der Waals surface area contributed by atoms with Crippen LogP contribution in [-0.4, -0.2) is 27.4 Å². The van der Waals surface area contributed by atoms with E-state index in [4.69, 9.17) is 0 Å². The highest BCUT2D eigenvalue weighted by Gasteiger charge is 2.16. The molecular formula is C26H25N5O2. The number of hydrogen-bond acceptors (Lipinski definition) is 5. The third-order valence-electron chi connectivity index (χ3n) is 6.00. The van der Waals surface area contributed by atoms with Crippen molar-refractivity contribution in [2.75, 3.05) is 11.4 Å². The molecule has 166 valence electrons. The minimum Gasteiger partial charge on any atom is -0.352 e. The number of aryl methyl sites for hydroxylation is 1. The first-order valence-electron chi connectivity index (χ1n) is 11.2. The van der Waals surface area contributed by atoms with E-state index in [2.05, 4.69) is 49.4 Å². The third-order valence-corrected chi connectivity index (χ3v) is 6.00. The molecule has 1 amide bonds. The molecule has 7 nitrogen and oxygen atoms in total. The average Bonchev–Trinajstić information content (AvgIpc) is 2.86. The summed E-state index contributed by atoms with van der Waals surface area (Å²) in [7, 11) is 0. The van der Waals surface area contributed by atoms with E-state index < -0.39 is 0 Å². The minimum atomic E-state index is -0.181. The van der Waals surface area contributed by atoms with E-state index in [1.54, 1.807) is 18.2 Å². The number of H-pyrrole nitrogens is 1. The van der Waals surface area contributed by atoms with E-state index in [1.165, 1.54) is 11.1 Å². The van der Waals surface area contributed by atoms with E-state index in [9.17, 15) is 9.59 Å². The second-order valence-corrected chi connectivity index (χ2v) is 8.27. The molecule has 0 fully saturated rings. The van der Waals surface area contributed by atoms with E-state index >= 15 is 0 Å². The Hall–Kier alpha value is -4.00. The van der Waals surface area contributed by atoms with Gasteiger partial charge < -0.3 is 15.2 Å². The molecular weight excluding hydrogens is 414 g/mol. The molecule has 2 aromatic carbocycles. The highest BCUT2D eigenvalue weighted by Crippen LogP contribution is 2.23. The summed E-state index contributed by atoms with van der Waals surface area (Å²) in [5.41, 5.74) is 4.17. The van der Waals surface area contributed by atoms with Gasteiger partial charge in [-0.2, -0.15) is 0 Å². The van der Waals surface area contributed by atoms with E-state index in [-0.39, 0.29) is 17.9 Å². The number of aromatic nitrogens is 3. The lowest BCUT2D eigenvalue weighted by molar-refractivity contribution is -0.121. The molecule has 1 aliphatic heterocycles. The molecule has 0 atom stereocenters. The molecule has 3 heterocycles. The van der Waals surface area contributed by atoms with Gasteiger partial charge in [-0.1, -0.05) is 42.5 Å². The van der Waals surface area contributed by atoms with Gasteiger partial charge in [0.1, 0.15) is 11.6 Å². The lowest BCUT2D eigenvalue weighted by atomic mass is 10.00. The first kappa shape index (κ1) is 20.9. The van der Waals surface area contributed by atoms with Crippen LogP contribution >= 0.6 is 0 Å².